The number of carbonyl (C=O) groups is 1. The average Bonchev–Trinajstić information content (AvgIpc) is 3.05. The molecule has 0 aliphatic carbocycles. The zero-order valence-electron chi connectivity index (χ0n) is 16.4. The van der Waals surface area contributed by atoms with Crippen LogP contribution in [0.1, 0.15) is 58.4 Å². The van der Waals surface area contributed by atoms with E-state index in [9.17, 15) is 13.2 Å². The number of nitrogens with zero attached hydrogens (tertiary/aromatic N) is 1. The number of nitrogens with one attached hydrogen (secondary N) is 1. The summed E-state index contributed by atoms with van der Waals surface area (Å²) in [5.74, 6) is 0.484. The molecule has 1 N–H and O–H groups in total. The van der Waals surface area contributed by atoms with Gasteiger partial charge in [-0.05, 0) is 51.2 Å². The second kappa shape index (κ2) is 9.00. The highest BCUT2D eigenvalue weighted by Crippen LogP contribution is 2.26. The maximum Gasteiger partial charge on any atom is 0.243 e. The van der Waals surface area contributed by atoms with Crippen LogP contribution in [-0.2, 0) is 14.8 Å². The van der Waals surface area contributed by atoms with Gasteiger partial charge in [0.05, 0.1) is 4.90 Å². The standard InChI is InChI=1S/C20H32N2O3S/c1-15(2)7-5-8-17(4)21-20(23)19-9-6-14-22(19)26(24,25)18-12-10-16(3)11-13-18/h10-13,15,17,19H,5-9,14H2,1-4H3,(H,21,23)/t17-,19-/m0/s1. The number of hydrogen-bond donors (Lipinski definition) is 1. The van der Waals surface area contributed by atoms with Gasteiger partial charge in [-0.3, -0.25) is 4.79 Å². The molecule has 2 rings (SSSR count). The third kappa shape index (κ3) is 5.30. The van der Waals surface area contributed by atoms with Gasteiger partial charge in [0.15, 0.2) is 0 Å². The van der Waals surface area contributed by atoms with Gasteiger partial charge < -0.3 is 5.32 Å². The van der Waals surface area contributed by atoms with E-state index >= 15 is 0 Å². The van der Waals surface area contributed by atoms with E-state index in [-0.39, 0.29) is 16.8 Å². The number of benzene rings is 1. The molecule has 1 saturated heterocycles. The Morgan fingerprint density at radius 2 is 1.85 bits per heavy atom. The van der Waals surface area contributed by atoms with Gasteiger partial charge in [0.25, 0.3) is 0 Å². The molecule has 6 heteroatoms. The summed E-state index contributed by atoms with van der Waals surface area (Å²) in [4.78, 5) is 12.9. The Kier molecular flexibility index (Phi) is 7.24. The van der Waals surface area contributed by atoms with Crippen LogP contribution in [0.15, 0.2) is 29.2 Å². The molecule has 26 heavy (non-hydrogen) atoms. The predicted molar refractivity (Wildman–Crippen MR) is 104 cm³/mol. The van der Waals surface area contributed by atoms with Crippen molar-refractivity contribution in [2.75, 3.05) is 6.54 Å². The molecule has 1 heterocycles. The molecule has 1 aliphatic rings. The van der Waals surface area contributed by atoms with Crippen molar-refractivity contribution in [3.63, 3.8) is 0 Å². The number of amides is 1. The van der Waals surface area contributed by atoms with Crippen molar-refractivity contribution < 1.29 is 13.2 Å². The first-order valence-electron chi connectivity index (χ1n) is 9.60. The van der Waals surface area contributed by atoms with Crippen molar-refractivity contribution >= 4 is 15.9 Å². The predicted octanol–water partition coefficient (Wildman–Crippen LogP) is 3.48. The maximum absolute atomic E-state index is 12.9. The molecule has 0 aromatic heterocycles. The third-order valence-corrected chi connectivity index (χ3v) is 6.86. The van der Waals surface area contributed by atoms with Gasteiger partial charge in [-0.2, -0.15) is 4.31 Å². The molecule has 0 spiro atoms. The topological polar surface area (TPSA) is 66.5 Å². The van der Waals surface area contributed by atoms with Crippen LogP contribution >= 0.6 is 0 Å². The molecule has 1 fully saturated rings. The summed E-state index contributed by atoms with van der Waals surface area (Å²) in [5, 5.41) is 3.01. The summed E-state index contributed by atoms with van der Waals surface area (Å²) in [6, 6.07) is 6.27. The number of rotatable bonds is 8. The van der Waals surface area contributed by atoms with Crippen molar-refractivity contribution in [3.8, 4) is 0 Å². The van der Waals surface area contributed by atoms with Gasteiger partial charge in [-0.15, -0.1) is 0 Å². The molecule has 0 radical (unpaired) electrons. The van der Waals surface area contributed by atoms with Gasteiger partial charge in [-0.25, -0.2) is 8.42 Å². The molecule has 1 amide bonds. The number of sulfonamides is 1. The Bertz CT molecular complexity index is 698. The number of hydrogen-bond acceptors (Lipinski definition) is 3. The first kappa shape index (κ1) is 20.9. The zero-order chi connectivity index (χ0) is 19.3. The minimum atomic E-state index is -3.64. The smallest absolute Gasteiger partial charge is 0.243 e. The van der Waals surface area contributed by atoms with Gasteiger partial charge >= 0.3 is 0 Å². The molecular formula is C20H32N2O3S. The van der Waals surface area contributed by atoms with Crippen LogP contribution in [0.25, 0.3) is 0 Å². The van der Waals surface area contributed by atoms with Crippen LogP contribution in [0.2, 0.25) is 0 Å². The minimum absolute atomic E-state index is 0.0609. The molecular weight excluding hydrogens is 348 g/mol. The van der Waals surface area contributed by atoms with E-state index in [1.807, 2.05) is 13.8 Å². The summed E-state index contributed by atoms with van der Waals surface area (Å²) < 4.78 is 27.2. The molecule has 0 unspecified atom stereocenters. The fourth-order valence-electron chi connectivity index (χ4n) is 3.38. The Hall–Kier alpha value is -1.40. The van der Waals surface area contributed by atoms with Crippen LogP contribution in [0.4, 0.5) is 0 Å². The Labute approximate surface area is 158 Å². The van der Waals surface area contributed by atoms with Crippen molar-refractivity contribution in [2.45, 2.75) is 76.8 Å². The van der Waals surface area contributed by atoms with E-state index in [1.165, 1.54) is 4.31 Å². The highest BCUT2D eigenvalue weighted by Gasteiger charge is 2.39. The van der Waals surface area contributed by atoms with Gasteiger partial charge in [0, 0.05) is 12.6 Å². The lowest BCUT2D eigenvalue weighted by Gasteiger charge is -2.25. The number of aryl methyl sites for hydroxylation is 1. The van der Waals surface area contributed by atoms with Gasteiger partial charge in [0.1, 0.15) is 6.04 Å². The molecule has 1 aliphatic heterocycles. The lowest BCUT2D eigenvalue weighted by molar-refractivity contribution is -0.124. The van der Waals surface area contributed by atoms with Crippen molar-refractivity contribution in [1.82, 2.24) is 9.62 Å². The second-order valence-electron chi connectivity index (χ2n) is 7.82. The highest BCUT2D eigenvalue weighted by molar-refractivity contribution is 7.89. The second-order valence-corrected chi connectivity index (χ2v) is 9.71. The zero-order valence-corrected chi connectivity index (χ0v) is 17.2. The van der Waals surface area contributed by atoms with Crippen LogP contribution in [0.3, 0.4) is 0 Å². The van der Waals surface area contributed by atoms with Crippen LogP contribution in [0.5, 0.6) is 0 Å². The quantitative estimate of drug-likeness (QED) is 0.751. The fourth-order valence-corrected chi connectivity index (χ4v) is 5.04. The van der Waals surface area contributed by atoms with E-state index in [2.05, 4.69) is 19.2 Å². The summed E-state index contributed by atoms with van der Waals surface area (Å²) in [5.41, 5.74) is 1.01. The first-order valence-corrected chi connectivity index (χ1v) is 11.0. The van der Waals surface area contributed by atoms with E-state index < -0.39 is 16.1 Å². The molecule has 5 nitrogen and oxygen atoms in total. The van der Waals surface area contributed by atoms with Crippen LogP contribution < -0.4 is 5.32 Å². The van der Waals surface area contributed by atoms with Crippen molar-refractivity contribution in [2.24, 2.45) is 5.92 Å². The third-order valence-electron chi connectivity index (χ3n) is 4.94. The number of carbonyl (C=O) groups excluding carboxylic acids is 1. The Balaban J connectivity index is 2.02. The van der Waals surface area contributed by atoms with E-state index in [4.69, 9.17) is 0 Å². The monoisotopic (exact) mass is 380 g/mol. The molecule has 0 bridgehead atoms. The lowest BCUT2D eigenvalue weighted by Crippen LogP contribution is -2.48. The minimum Gasteiger partial charge on any atom is -0.352 e. The van der Waals surface area contributed by atoms with E-state index in [1.54, 1.807) is 24.3 Å². The molecule has 2 atom stereocenters. The Morgan fingerprint density at radius 3 is 2.46 bits per heavy atom. The normalized spacial score (nSPS) is 19.7. The highest BCUT2D eigenvalue weighted by atomic mass is 32.2. The van der Waals surface area contributed by atoms with E-state index in [0.717, 1.165) is 24.8 Å². The maximum atomic E-state index is 12.9. The fraction of sp³-hybridized carbons (Fsp3) is 0.650. The Morgan fingerprint density at radius 1 is 1.19 bits per heavy atom. The molecule has 146 valence electrons. The van der Waals surface area contributed by atoms with Crippen molar-refractivity contribution in [1.29, 1.82) is 0 Å². The van der Waals surface area contributed by atoms with Gasteiger partial charge in [0.2, 0.25) is 15.9 Å². The van der Waals surface area contributed by atoms with E-state index in [0.29, 0.717) is 25.3 Å². The van der Waals surface area contributed by atoms with Gasteiger partial charge in [-0.1, -0.05) is 44.4 Å². The first-order chi connectivity index (χ1) is 12.2. The summed E-state index contributed by atoms with van der Waals surface area (Å²) >= 11 is 0. The van der Waals surface area contributed by atoms with Crippen LogP contribution in [-0.4, -0.2) is 37.3 Å². The van der Waals surface area contributed by atoms with Crippen LogP contribution in [0, 0.1) is 12.8 Å². The summed E-state index contributed by atoms with van der Waals surface area (Å²) in [6.45, 7) is 8.69. The molecule has 0 saturated carbocycles. The summed E-state index contributed by atoms with van der Waals surface area (Å²) in [6.07, 6.45) is 4.41. The SMILES string of the molecule is Cc1ccc(S(=O)(=O)N2CCC[C@H]2C(=O)N[C@@H](C)CCCC(C)C)cc1. The molecule has 1 aromatic rings. The molecule has 1 aromatic carbocycles. The summed E-state index contributed by atoms with van der Waals surface area (Å²) in [7, 11) is -3.64. The average molecular weight is 381 g/mol. The lowest BCUT2D eigenvalue weighted by atomic mass is 10.0. The largest absolute Gasteiger partial charge is 0.352 e. The van der Waals surface area contributed by atoms with Crippen molar-refractivity contribution in [3.05, 3.63) is 29.8 Å².